The van der Waals surface area contributed by atoms with E-state index in [-0.39, 0.29) is 0 Å². The van der Waals surface area contributed by atoms with Gasteiger partial charge in [0.25, 0.3) is 0 Å². The number of benzene rings is 3. The van der Waals surface area contributed by atoms with Crippen molar-refractivity contribution in [3.05, 3.63) is 93.6 Å². The Labute approximate surface area is 192 Å². The number of aromatic nitrogens is 1. The van der Waals surface area contributed by atoms with Crippen LogP contribution in [0.4, 0.5) is 0 Å². The number of aromatic amines is 1. The average Bonchev–Trinajstić information content (AvgIpc) is 3.20. The van der Waals surface area contributed by atoms with Crippen molar-refractivity contribution in [1.82, 2.24) is 10.3 Å². The molecule has 4 nitrogen and oxygen atoms in total. The number of hydrogen-bond donors (Lipinski definition) is 2. The highest BCUT2D eigenvalue weighted by Gasteiger charge is 2.13. The number of rotatable bonds is 9. The van der Waals surface area contributed by atoms with E-state index in [1.807, 2.05) is 42.5 Å². The van der Waals surface area contributed by atoms with Gasteiger partial charge in [-0.25, -0.2) is 0 Å². The van der Waals surface area contributed by atoms with Gasteiger partial charge in [-0.1, -0.05) is 59.6 Å². The third-order valence-corrected chi connectivity index (χ3v) is 5.84. The summed E-state index contributed by atoms with van der Waals surface area (Å²) in [5.74, 6) is 1.12. The maximum Gasteiger partial charge on any atom is 0.180 e. The second kappa shape index (κ2) is 10.1. The number of H-pyrrole nitrogens is 1. The first-order chi connectivity index (χ1) is 15.2. The van der Waals surface area contributed by atoms with E-state index in [1.54, 1.807) is 7.11 Å². The molecule has 160 valence electrons. The zero-order valence-corrected chi connectivity index (χ0v) is 18.8. The maximum absolute atomic E-state index is 6.51. The van der Waals surface area contributed by atoms with E-state index >= 15 is 0 Å². The summed E-state index contributed by atoms with van der Waals surface area (Å²) in [6, 6.07) is 19.8. The van der Waals surface area contributed by atoms with Crippen molar-refractivity contribution in [3.8, 4) is 11.5 Å². The fraction of sp³-hybridized carbons (Fsp3) is 0.200. The molecule has 0 aliphatic heterocycles. The molecule has 4 aromatic rings. The van der Waals surface area contributed by atoms with Crippen LogP contribution in [0, 0.1) is 0 Å². The molecule has 0 atom stereocenters. The molecule has 31 heavy (non-hydrogen) atoms. The van der Waals surface area contributed by atoms with E-state index in [2.05, 4.69) is 34.7 Å². The first-order valence-electron chi connectivity index (χ1n) is 10.1. The molecule has 0 spiro atoms. The van der Waals surface area contributed by atoms with Gasteiger partial charge in [0.15, 0.2) is 11.5 Å². The molecule has 0 fully saturated rings. The maximum atomic E-state index is 6.51. The van der Waals surface area contributed by atoms with E-state index in [4.69, 9.17) is 32.7 Å². The highest BCUT2D eigenvalue weighted by Crippen LogP contribution is 2.37. The molecule has 0 saturated heterocycles. The van der Waals surface area contributed by atoms with Crippen molar-refractivity contribution in [2.75, 3.05) is 13.7 Å². The van der Waals surface area contributed by atoms with Crippen LogP contribution in [0.3, 0.4) is 0 Å². The van der Waals surface area contributed by atoms with Gasteiger partial charge in [0.2, 0.25) is 0 Å². The SMILES string of the molecule is COc1cc(CNCCc2c[nH]c3ccccc23)cc(Cl)c1OCc1ccccc1Cl. The van der Waals surface area contributed by atoms with E-state index in [0.717, 1.165) is 24.1 Å². The molecule has 1 heterocycles. The number of fused-ring (bicyclic) bond motifs is 1. The Kier molecular flexibility index (Phi) is 7.03. The first-order valence-corrected chi connectivity index (χ1v) is 10.9. The molecule has 0 aliphatic rings. The summed E-state index contributed by atoms with van der Waals surface area (Å²) in [7, 11) is 1.61. The van der Waals surface area contributed by atoms with Gasteiger partial charge in [-0.2, -0.15) is 0 Å². The first kappa shape index (κ1) is 21.6. The minimum absolute atomic E-state index is 0.317. The van der Waals surface area contributed by atoms with Crippen molar-refractivity contribution in [3.63, 3.8) is 0 Å². The van der Waals surface area contributed by atoms with Crippen molar-refractivity contribution < 1.29 is 9.47 Å². The molecule has 6 heteroatoms. The molecule has 0 unspecified atom stereocenters. The number of methoxy groups -OCH3 is 1. The molecule has 1 aromatic heterocycles. The fourth-order valence-corrected chi connectivity index (χ4v) is 4.05. The average molecular weight is 455 g/mol. The lowest BCUT2D eigenvalue weighted by molar-refractivity contribution is 0.284. The van der Waals surface area contributed by atoms with Crippen LogP contribution in [0.15, 0.2) is 66.9 Å². The van der Waals surface area contributed by atoms with Crippen molar-refractivity contribution in [1.29, 1.82) is 0 Å². The molecule has 4 rings (SSSR count). The Balaban J connectivity index is 1.36. The molecule has 2 N–H and O–H groups in total. The van der Waals surface area contributed by atoms with Crippen molar-refractivity contribution >= 4 is 34.1 Å². The van der Waals surface area contributed by atoms with Crippen LogP contribution >= 0.6 is 23.2 Å². The number of halogens is 2. The van der Waals surface area contributed by atoms with Gasteiger partial charge >= 0.3 is 0 Å². The Morgan fingerprint density at radius 2 is 1.74 bits per heavy atom. The quantitative estimate of drug-likeness (QED) is 0.287. The number of nitrogens with one attached hydrogen (secondary N) is 2. The fourth-order valence-electron chi connectivity index (χ4n) is 3.57. The largest absolute Gasteiger partial charge is 0.493 e. The third-order valence-electron chi connectivity index (χ3n) is 5.19. The van der Waals surface area contributed by atoms with Gasteiger partial charge in [0.05, 0.1) is 12.1 Å². The highest BCUT2D eigenvalue weighted by atomic mass is 35.5. The summed E-state index contributed by atoms with van der Waals surface area (Å²) in [4.78, 5) is 3.32. The van der Waals surface area contributed by atoms with E-state index in [1.165, 1.54) is 16.5 Å². The standard InChI is InChI=1S/C25H24Cl2N2O2/c1-30-24-13-17(12-22(27)25(24)31-16-19-6-2-4-8-21(19)26)14-28-11-10-18-15-29-23-9-5-3-7-20(18)23/h2-9,12-13,15,28-29H,10-11,14,16H2,1H3. The van der Waals surface area contributed by atoms with E-state index < -0.39 is 0 Å². The lowest BCUT2D eigenvalue weighted by Crippen LogP contribution is -2.16. The molecular weight excluding hydrogens is 431 g/mol. The predicted molar refractivity (Wildman–Crippen MR) is 127 cm³/mol. The molecule has 0 aliphatic carbocycles. The Bertz CT molecular complexity index is 1170. The second-order valence-electron chi connectivity index (χ2n) is 7.28. The van der Waals surface area contributed by atoms with Crippen LogP contribution in [0.25, 0.3) is 10.9 Å². The van der Waals surface area contributed by atoms with Crippen LogP contribution in [-0.2, 0) is 19.6 Å². The lowest BCUT2D eigenvalue weighted by Gasteiger charge is -2.15. The van der Waals surface area contributed by atoms with Gasteiger partial charge < -0.3 is 19.8 Å². The Morgan fingerprint density at radius 3 is 2.58 bits per heavy atom. The molecule has 0 bridgehead atoms. The molecule has 0 radical (unpaired) electrons. The van der Waals surface area contributed by atoms with E-state index in [0.29, 0.717) is 34.7 Å². The summed E-state index contributed by atoms with van der Waals surface area (Å²) >= 11 is 12.7. The van der Waals surface area contributed by atoms with Crippen LogP contribution < -0.4 is 14.8 Å². The van der Waals surface area contributed by atoms with Crippen LogP contribution in [0.1, 0.15) is 16.7 Å². The monoisotopic (exact) mass is 454 g/mol. The van der Waals surface area contributed by atoms with Crippen LogP contribution in [-0.4, -0.2) is 18.6 Å². The molecular formula is C25H24Cl2N2O2. The van der Waals surface area contributed by atoms with Gasteiger partial charge in [-0.05, 0) is 48.4 Å². The minimum atomic E-state index is 0.317. The van der Waals surface area contributed by atoms with Gasteiger partial charge in [-0.15, -0.1) is 0 Å². The predicted octanol–water partition coefficient (Wildman–Crippen LogP) is 6.39. The molecule has 0 saturated carbocycles. The van der Waals surface area contributed by atoms with Gasteiger partial charge in [0, 0.05) is 34.2 Å². The summed E-state index contributed by atoms with van der Waals surface area (Å²) in [6.45, 7) is 1.85. The topological polar surface area (TPSA) is 46.3 Å². The third kappa shape index (κ3) is 5.16. The summed E-state index contributed by atoms with van der Waals surface area (Å²) in [5, 5.41) is 5.93. The Hall–Kier alpha value is -2.66. The van der Waals surface area contributed by atoms with Gasteiger partial charge in [0.1, 0.15) is 6.61 Å². The molecule has 3 aromatic carbocycles. The second-order valence-corrected chi connectivity index (χ2v) is 8.09. The van der Waals surface area contributed by atoms with Crippen LogP contribution in [0.5, 0.6) is 11.5 Å². The highest BCUT2D eigenvalue weighted by molar-refractivity contribution is 6.32. The molecule has 0 amide bonds. The zero-order valence-electron chi connectivity index (χ0n) is 17.3. The van der Waals surface area contributed by atoms with E-state index in [9.17, 15) is 0 Å². The zero-order chi connectivity index (χ0) is 21.6. The summed E-state index contributed by atoms with van der Waals surface area (Å²) in [6.07, 6.45) is 3.02. The van der Waals surface area contributed by atoms with Crippen molar-refractivity contribution in [2.45, 2.75) is 19.6 Å². The van der Waals surface area contributed by atoms with Crippen LogP contribution in [0.2, 0.25) is 10.0 Å². The lowest BCUT2D eigenvalue weighted by atomic mass is 10.1. The number of ether oxygens (including phenoxy) is 2. The summed E-state index contributed by atoms with van der Waals surface area (Å²) < 4.78 is 11.5. The van der Waals surface area contributed by atoms with Crippen molar-refractivity contribution in [2.24, 2.45) is 0 Å². The summed E-state index contributed by atoms with van der Waals surface area (Å²) in [5.41, 5.74) is 4.40. The van der Waals surface area contributed by atoms with Gasteiger partial charge in [-0.3, -0.25) is 0 Å². The minimum Gasteiger partial charge on any atom is -0.493 e. The smallest absolute Gasteiger partial charge is 0.180 e. The normalized spacial score (nSPS) is 11.1. The number of para-hydroxylation sites is 1. The Morgan fingerprint density at radius 1 is 0.935 bits per heavy atom. The number of hydrogen-bond acceptors (Lipinski definition) is 3.